The van der Waals surface area contributed by atoms with Gasteiger partial charge >= 0.3 is 11.9 Å². The number of carbonyl (C=O) groups excluding carboxylic acids is 2. The lowest BCUT2D eigenvalue weighted by atomic mass is 10.1. The number of ether oxygens (including phenoxy) is 3. The zero-order valence-corrected chi connectivity index (χ0v) is 39.7. The summed E-state index contributed by atoms with van der Waals surface area (Å²) in [6.45, 7) is 7.61. The maximum absolute atomic E-state index is 12.8. The number of allylic oxidation sites excluding steroid dienone is 12. The van der Waals surface area contributed by atoms with E-state index < -0.39 is 6.10 Å². The Hall–Kier alpha value is -2.66. The molecule has 0 aromatic carbocycles. The number of hydrogen-bond donors (Lipinski definition) is 0. The normalized spacial score (nSPS) is 12.8. The Kier molecular flexibility index (Phi) is 48.4. The first-order chi connectivity index (χ1) is 29.6. The zero-order valence-electron chi connectivity index (χ0n) is 39.7. The fourth-order valence-corrected chi connectivity index (χ4v) is 6.91. The second kappa shape index (κ2) is 50.7. The molecule has 5 nitrogen and oxygen atoms in total. The number of carbonyl (C=O) groups is 2. The van der Waals surface area contributed by atoms with Crippen molar-refractivity contribution in [3.05, 3.63) is 72.9 Å². The molecule has 0 N–H and O–H groups in total. The minimum atomic E-state index is -0.552. The molecule has 0 saturated heterocycles. The van der Waals surface area contributed by atoms with Gasteiger partial charge in [-0.2, -0.15) is 0 Å². The van der Waals surface area contributed by atoms with E-state index in [-0.39, 0.29) is 25.2 Å². The van der Waals surface area contributed by atoms with Crippen LogP contribution in [0.25, 0.3) is 0 Å². The minimum Gasteiger partial charge on any atom is -0.462 e. The minimum absolute atomic E-state index is 0.0701. The fraction of sp³-hybridized carbons (Fsp3) is 0.745. The van der Waals surface area contributed by atoms with Crippen LogP contribution in [0.4, 0.5) is 0 Å². The van der Waals surface area contributed by atoms with Gasteiger partial charge in [-0.15, -0.1) is 0 Å². The van der Waals surface area contributed by atoms with Crippen molar-refractivity contribution in [3.8, 4) is 0 Å². The summed E-state index contributed by atoms with van der Waals surface area (Å²) in [5, 5.41) is 0. The molecule has 0 rings (SSSR count). The van der Waals surface area contributed by atoms with E-state index in [1.54, 1.807) is 0 Å². The standard InChI is InChI=1S/C55H96O5/c1-4-7-10-13-16-19-22-25-27-28-29-31-33-36-39-42-45-48-54(56)59-52-53(51-58-50-47-44-41-38-35-32-26-23-20-17-14-11-8-5-2)60-55(57)49-46-43-40-37-34-30-24-21-18-15-12-9-6-3/h7,10,12,15-16,19-21,23-25,27,53H,4-6,8-9,11,13-14,17-18,22,26,28-52H2,1-3H3/b10-7-,15-12-,19-16-,23-20-,24-21-,27-25-. The molecule has 0 radical (unpaired) electrons. The lowest BCUT2D eigenvalue weighted by molar-refractivity contribution is -0.163. The van der Waals surface area contributed by atoms with E-state index in [0.29, 0.717) is 19.4 Å². The molecule has 346 valence electrons. The molecule has 0 heterocycles. The van der Waals surface area contributed by atoms with Gasteiger partial charge in [0.1, 0.15) is 6.61 Å². The van der Waals surface area contributed by atoms with Crippen molar-refractivity contribution >= 4 is 11.9 Å². The summed E-state index contributed by atoms with van der Waals surface area (Å²) >= 11 is 0. The van der Waals surface area contributed by atoms with Gasteiger partial charge in [0.25, 0.3) is 0 Å². The molecular weight excluding hydrogens is 741 g/mol. The van der Waals surface area contributed by atoms with Gasteiger partial charge in [0.2, 0.25) is 0 Å². The molecule has 5 heteroatoms. The van der Waals surface area contributed by atoms with Crippen LogP contribution >= 0.6 is 0 Å². The second-order valence-electron chi connectivity index (χ2n) is 16.7. The maximum Gasteiger partial charge on any atom is 0.306 e. The topological polar surface area (TPSA) is 61.8 Å². The van der Waals surface area contributed by atoms with E-state index in [4.69, 9.17) is 14.2 Å². The molecule has 60 heavy (non-hydrogen) atoms. The third-order valence-electron chi connectivity index (χ3n) is 10.7. The smallest absolute Gasteiger partial charge is 0.306 e. The van der Waals surface area contributed by atoms with Crippen LogP contribution in [0, 0.1) is 0 Å². The summed E-state index contributed by atoms with van der Waals surface area (Å²) in [5.74, 6) is -0.426. The predicted octanol–water partition coefficient (Wildman–Crippen LogP) is 17.1. The molecule has 0 aromatic rings. The monoisotopic (exact) mass is 837 g/mol. The van der Waals surface area contributed by atoms with Crippen molar-refractivity contribution in [1.82, 2.24) is 0 Å². The van der Waals surface area contributed by atoms with Crippen LogP contribution in [0.1, 0.15) is 239 Å². The third kappa shape index (κ3) is 48.0. The van der Waals surface area contributed by atoms with Gasteiger partial charge in [0, 0.05) is 19.4 Å². The van der Waals surface area contributed by atoms with Gasteiger partial charge in [-0.3, -0.25) is 9.59 Å². The predicted molar refractivity (Wildman–Crippen MR) is 260 cm³/mol. The Morgan fingerprint density at radius 1 is 0.383 bits per heavy atom. The summed E-state index contributed by atoms with van der Waals surface area (Å²) < 4.78 is 17.4. The van der Waals surface area contributed by atoms with Crippen LogP contribution < -0.4 is 0 Å². The van der Waals surface area contributed by atoms with E-state index in [9.17, 15) is 9.59 Å². The van der Waals surface area contributed by atoms with Crippen molar-refractivity contribution in [3.63, 3.8) is 0 Å². The Labute approximate surface area is 372 Å². The summed E-state index contributed by atoms with van der Waals surface area (Å²) in [4.78, 5) is 25.4. The molecule has 0 aromatic heterocycles. The Balaban J connectivity index is 4.30. The van der Waals surface area contributed by atoms with Gasteiger partial charge in [0.05, 0.1) is 6.61 Å². The third-order valence-corrected chi connectivity index (χ3v) is 10.7. The number of hydrogen-bond acceptors (Lipinski definition) is 5. The summed E-state index contributed by atoms with van der Waals surface area (Å²) in [5.41, 5.74) is 0. The number of esters is 2. The van der Waals surface area contributed by atoms with Crippen molar-refractivity contribution < 1.29 is 23.8 Å². The largest absolute Gasteiger partial charge is 0.462 e. The van der Waals surface area contributed by atoms with Crippen molar-refractivity contribution in [2.24, 2.45) is 0 Å². The Bertz CT molecular complexity index is 1080. The lowest BCUT2D eigenvalue weighted by Gasteiger charge is -2.18. The van der Waals surface area contributed by atoms with E-state index in [0.717, 1.165) is 96.3 Å². The zero-order chi connectivity index (χ0) is 43.5. The highest BCUT2D eigenvalue weighted by Gasteiger charge is 2.17. The summed E-state index contributed by atoms with van der Waals surface area (Å²) in [6.07, 6.45) is 64.7. The molecule has 0 aliphatic heterocycles. The van der Waals surface area contributed by atoms with E-state index in [1.807, 2.05) is 0 Å². The molecule has 1 atom stereocenters. The highest BCUT2D eigenvalue weighted by atomic mass is 16.6. The first-order valence-electron chi connectivity index (χ1n) is 25.5. The molecule has 0 fully saturated rings. The molecule has 0 bridgehead atoms. The van der Waals surface area contributed by atoms with E-state index in [1.165, 1.54) is 109 Å². The van der Waals surface area contributed by atoms with Crippen molar-refractivity contribution in [2.45, 2.75) is 245 Å². The van der Waals surface area contributed by atoms with Gasteiger partial charge < -0.3 is 14.2 Å². The first kappa shape index (κ1) is 57.3. The van der Waals surface area contributed by atoms with Crippen LogP contribution in [0.3, 0.4) is 0 Å². The molecule has 0 saturated carbocycles. The van der Waals surface area contributed by atoms with Crippen molar-refractivity contribution in [2.75, 3.05) is 19.8 Å². The molecular formula is C55H96O5. The van der Waals surface area contributed by atoms with Crippen LogP contribution in [0.15, 0.2) is 72.9 Å². The Morgan fingerprint density at radius 3 is 1.28 bits per heavy atom. The summed E-state index contributed by atoms with van der Waals surface area (Å²) in [6, 6.07) is 0. The van der Waals surface area contributed by atoms with Gasteiger partial charge in [0.15, 0.2) is 6.10 Å². The highest BCUT2D eigenvalue weighted by Crippen LogP contribution is 2.13. The second-order valence-corrected chi connectivity index (χ2v) is 16.7. The molecule has 0 spiro atoms. The average Bonchev–Trinajstić information content (AvgIpc) is 3.25. The number of unbranched alkanes of at least 4 members (excludes halogenated alkanes) is 23. The average molecular weight is 837 g/mol. The maximum atomic E-state index is 12.8. The first-order valence-corrected chi connectivity index (χ1v) is 25.5. The molecule has 0 aliphatic rings. The molecule has 1 unspecified atom stereocenters. The van der Waals surface area contributed by atoms with E-state index >= 15 is 0 Å². The van der Waals surface area contributed by atoms with Crippen LogP contribution in [-0.4, -0.2) is 37.9 Å². The van der Waals surface area contributed by atoms with E-state index in [2.05, 4.69) is 93.7 Å². The molecule has 0 aliphatic carbocycles. The highest BCUT2D eigenvalue weighted by molar-refractivity contribution is 5.70. The summed E-state index contributed by atoms with van der Waals surface area (Å²) in [7, 11) is 0. The Morgan fingerprint density at radius 2 is 0.783 bits per heavy atom. The molecule has 0 amide bonds. The quantitative estimate of drug-likeness (QED) is 0.0347. The van der Waals surface area contributed by atoms with Crippen LogP contribution in [0.5, 0.6) is 0 Å². The fourth-order valence-electron chi connectivity index (χ4n) is 6.91. The number of rotatable bonds is 46. The van der Waals surface area contributed by atoms with Gasteiger partial charge in [-0.05, 0) is 103 Å². The lowest BCUT2D eigenvalue weighted by Crippen LogP contribution is -2.30. The van der Waals surface area contributed by atoms with Gasteiger partial charge in [-0.25, -0.2) is 0 Å². The van der Waals surface area contributed by atoms with Crippen molar-refractivity contribution in [1.29, 1.82) is 0 Å². The SMILES string of the molecule is CC/C=C\C/C=C\C/C=C\CCCCCCCCCC(=O)OCC(COCCCCCCCC/C=C\CCCCCC)OC(=O)CCCCCCC/C=C\C/C=C\CCC. The van der Waals surface area contributed by atoms with Gasteiger partial charge in [-0.1, -0.05) is 196 Å². The van der Waals surface area contributed by atoms with Crippen LogP contribution in [-0.2, 0) is 23.8 Å². The van der Waals surface area contributed by atoms with Crippen LogP contribution in [0.2, 0.25) is 0 Å².